The van der Waals surface area contributed by atoms with Crippen LogP contribution in [0.25, 0.3) is 0 Å². The van der Waals surface area contributed by atoms with Gasteiger partial charge in [-0.05, 0) is 12.2 Å². The van der Waals surface area contributed by atoms with Gasteiger partial charge in [0.05, 0.1) is 6.54 Å². The molecule has 0 spiro atoms. The highest BCUT2D eigenvalue weighted by Crippen LogP contribution is 2.20. The molecule has 5 heteroatoms. The molecule has 1 aliphatic carbocycles. The Labute approximate surface area is 79.9 Å². The third-order valence-corrected chi connectivity index (χ3v) is 1.90. The monoisotopic (exact) mass is 192 g/mol. The number of nitrogens with zero attached hydrogens (tertiary/aromatic N) is 1. The van der Waals surface area contributed by atoms with Crippen molar-refractivity contribution in [3.63, 3.8) is 0 Å². The number of nitrogens with two attached hydrogens (primary N) is 1. The first-order valence-corrected chi connectivity index (χ1v) is 4.12. The summed E-state index contributed by atoms with van der Waals surface area (Å²) in [5, 5.41) is 0. The van der Waals surface area contributed by atoms with Gasteiger partial charge in [-0.25, -0.2) is 4.99 Å². The summed E-state index contributed by atoms with van der Waals surface area (Å²) in [6, 6.07) is 0. The summed E-state index contributed by atoms with van der Waals surface area (Å²) >= 11 is 0. The maximum Gasteiger partial charge on any atom is 0.250 e. The van der Waals surface area contributed by atoms with Crippen molar-refractivity contribution in [3.8, 4) is 0 Å². The number of Topliss-reactive ketones (excluding diaryl/α,β-unsaturated/α-hetero) is 1. The Morgan fingerprint density at radius 3 is 3.07 bits per heavy atom. The van der Waals surface area contributed by atoms with Gasteiger partial charge in [-0.1, -0.05) is 0 Å². The number of carbonyl (C=O) groups excluding carboxylic acids is 2. The minimum Gasteiger partial charge on any atom is -0.459 e. The lowest BCUT2D eigenvalue weighted by Gasteiger charge is -2.06. The predicted molar refractivity (Wildman–Crippen MR) is 48.6 cm³/mol. The smallest absolute Gasteiger partial charge is 0.250 e. The Hall–Kier alpha value is -1.75. The van der Waals surface area contributed by atoms with Crippen molar-refractivity contribution in [2.75, 3.05) is 6.54 Å². The molecule has 14 heavy (non-hydrogen) atoms. The van der Waals surface area contributed by atoms with Crippen LogP contribution in [0, 0.1) is 0 Å². The first-order valence-electron chi connectivity index (χ1n) is 4.12. The Kier molecular flexibility index (Phi) is 2.01. The zero-order chi connectivity index (χ0) is 10.1. The summed E-state index contributed by atoms with van der Waals surface area (Å²) in [4.78, 5) is 26.1. The molecule has 2 rings (SSSR count). The van der Waals surface area contributed by atoms with Crippen LogP contribution in [-0.2, 0) is 14.3 Å². The Bertz CT molecular complexity index is 393. The molecule has 72 valence electrons. The molecule has 2 aliphatic rings. The third-order valence-electron chi connectivity index (χ3n) is 1.90. The van der Waals surface area contributed by atoms with E-state index in [1.54, 1.807) is 0 Å². The van der Waals surface area contributed by atoms with Crippen LogP contribution in [0.5, 0.6) is 0 Å². The number of allylic oxidation sites excluding steroid dienone is 3. The van der Waals surface area contributed by atoms with Crippen molar-refractivity contribution in [1.29, 1.82) is 0 Å². The number of ether oxygens (including phenoxy) is 1. The highest BCUT2D eigenvalue weighted by Gasteiger charge is 2.29. The average Bonchev–Trinajstić information content (AvgIpc) is 2.59. The van der Waals surface area contributed by atoms with Crippen molar-refractivity contribution in [1.82, 2.24) is 0 Å². The Balaban J connectivity index is 2.24. The summed E-state index contributed by atoms with van der Waals surface area (Å²) in [6.45, 7) is -0.119. The van der Waals surface area contributed by atoms with Crippen LogP contribution < -0.4 is 5.73 Å². The van der Waals surface area contributed by atoms with Crippen LogP contribution in [0.4, 0.5) is 0 Å². The van der Waals surface area contributed by atoms with E-state index >= 15 is 0 Å². The van der Waals surface area contributed by atoms with Gasteiger partial charge in [-0.3, -0.25) is 9.59 Å². The number of ketones is 2. The van der Waals surface area contributed by atoms with Gasteiger partial charge in [-0.2, -0.15) is 0 Å². The number of hydrogen-bond donors (Lipinski definition) is 1. The molecule has 0 aromatic rings. The van der Waals surface area contributed by atoms with Crippen molar-refractivity contribution in [2.45, 2.75) is 6.23 Å². The fourth-order valence-electron chi connectivity index (χ4n) is 1.21. The van der Waals surface area contributed by atoms with Crippen LogP contribution in [0.1, 0.15) is 0 Å². The fraction of sp³-hybridized carbons (Fsp3) is 0.222. The molecule has 1 aliphatic heterocycles. The van der Waals surface area contributed by atoms with Crippen LogP contribution in [-0.4, -0.2) is 30.1 Å². The number of aliphatic imine (C=N–C) groups is 1. The molecule has 0 bridgehead atoms. The van der Waals surface area contributed by atoms with Gasteiger partial charge in [0, 0.05) is 6.08 Å². The van der Waals surface area contributed by atoms with Gasteiger partial charge in [-0.15, -0.1) is 0 Å². The Morgan fingerprint density at radius 2 is 2.36 bits per heavy atom. The molecule has 5 nitrogen and oxygen atoms in total. The molecule has 1 unspecified atom stereocenters. The van der Waals surface area contributed by atoms with Gasteiger partial charge in [0.25, 0.3) is 6.23 Å². The molecule has 0 saturated carbocycles. The summed E-state index contributed by atoms with van der Waals surface area (Å²) < 4.78 is 5.14. The largest absolute Gasteiger partial charge is 0.459 e. The van der Waals surface area contributed by atoms with E-state index in [1.165, 1.54) is 18.2 Å². The molecule has 1 heterocycles. The van der Waals surface area contributed by atoms with E-state index in [9.17, 15) is 9.59 Å². The molecule has 0 aromatic carbocycles. The number of carbonyl (C=O) groups is 2. The average molecular weight is 192 g/mol. The van der Waals surface area contributed by atoms with Gasteiger partial charge < -0.3 is 10.5 Å². The second-order valence-electron chi connectivity index (χ2n) is 2.90. The topological polar surface area (TPSA) is 81.8 Å². The lowest BCUT2D eigenvalue weighted by Crippen LogP contribution is -2.26. The van der Waals surface area contributed by atoms with E-state index in [0.29, 0.717) is 11.5 Å². The standard InChI is InChI=1S/C9H8N2O3/c10-4-7(13)9-11-6-2-1-5(12)3-8(6)14-9/h1-3,9H,4,10H2. The normalized spacial score (nSPS) is 23.8. The minimum atomic E-state index is -0.878. The van der Waals surface area contributed by atoms with Crippen molar-refractivity contribution in [3.05, 3.63) is 24.0 Å². The molecule has 2 N–H and O–H groups in total. The zero-order valence-electron chi connectivity index (χ0n) is 7.27. The summed E-state index contributed by atoms with van der Waals surface area (Å²) in [5.41, 5.74) is 5.69. The highest BCUT2D eigenvalue weighted by molar-refractivity contribution is 6.20. The molecule has 0 saturated heterocycles. The van der Waals surface area contributed by atoms with Crippen LogP contribution >= 0.6 is 0 Å². The van der Waals surface area contributed by atoms with Crippen LogP contribution in [0.15, 0.2) is 29.0 Å². The fourth-order valence-corrected chi connectivity index (χ4v) is 1.21. The van der Waals surface area contributed by atoms with E-state index < -0.39 is 6.23 Å². The zero-order valence-corrected chi connectivity index (χ0v) is 7.27. The lowest BCUT2D eigenvalue weighted by molar-refractivity contribution is -0.125. The van der Waals surface area contributed by atoms with E-state index in [4.69, 9.17) is 10.5 Å². The Morgan fingerprint density at radius 1 is 1.57 bits per heavy atom. The van der Waals surface area contributed by atoms with Crippen LogP contribution in [0.2, 0.25) is 0 Å². The van der Waals surface area contributed by atoms with Crippen LogP contribution in [0.3, 0.4) is 0 Å². The third kappa shape index (κ3) is 1.38. The van der Waals surface area contributed by atoms with Gasteiger partial charge >= 0.3 is 0 Å². The maximum absolute atomic E-state index is 11.1. The highest BCUT2D eigenvalue weighted by atomic mass is 16.5. The van der Waals surface area contributed by atoms with Gasteiger partial charge in [0.15, 0.2) is 11.5 Å². The van der Waals surface area contributed by atoms with Gasteiger partial charge in [0.1, 0.15) is 5.71 Å². The molecule has 0 amide bonds. The van der Waals surface area contributed by atoms with Gasteiger partial charge in [0.2, 0.25) is 5.78 Å². The minimum absolute atomic E-state index is 0.119. The molecule has 1 atom stereocenters. The second kappa shape index (κ2) is 3.19. The number of hydrogen-bond acceptors (Lipinski definition) is 5. The molecule has 0 radical (unpaired) electrons. The predicted octanol–water partition coefficient (Wildman–Crippen LogP) is -0.666. The van der Waals surface area contributed by atoms with Crippen molar-refractivity contribution < 1.29 is 14.3 Å². The lowest BCUT2D eigenvalue weighted by atomic mass is 10.1. The quantitative estimate of drug-likeness (QED) is 0.588. The van der Waals surface area contributed by atoms with E-state index in [2.05, 4.69) is 4.99 Å². The van der Waals surface area contributed by atoms with E-state index in [0.717, 1.165) is 0 Å². The molecule has 0 fully saturated rings. The summed E-state index contributed by atoms with van der Waals surface area (Å²) in [6.07, 6.45) is 3.34. The SMILES string of the molecule is NCC(=O)C1N=C2C=CC(=O)C=C2O1. The summed E-state index contributed by atoms with van der Waals surface area (Å²) in [7, 11) is 0. The molecule has 0 aromatic heterocycles. The first-order chi connectivity index (χ1) is 6.70. The molecular formula is C9H8N2O3. The first kappa shape index (κ1) is 8.83. The number of rotatable bonds is 2. The number of fused-ring (bicyclic) bond motifs is 1. The van der Waals surface area contributed by atoms with E-state index in [-0.39, 0.29) is 18.1 Å². The van der Waals surface area contributed by atoms with E-state index in [1.807, 2.05) is 0 Å². The maximum atomic E-state index is 11.1. The van der Waals surface area contributed by atoms with Crippen molar-refractivity contribution in [2.24, 2.45) is 10.7 Å². The summed E-state index contributed by atoms with van der Waals surface area (Å²) in [5.74, 6) is -0.113. The van der Waals surface area contributed by atoms with Crippen molar-refractivity contribution >= 4 is 17.3 Å². The second-order valence-corrected chi connectivity index (χ2v) is 2.90. The molecular weight excluding hydrogens is 184 g/mol.